The molecule has 4 nitrogen and oxygen atoms in total. The molecular weight excluding hydrogens is 394 g/mol. The van der Waals surface area contributed by atoms with E-state index < -0.39 is 0 Å². The number of carbonyl (C=O) groups excluding carboxylic acids is 1. The number of rotatable bonds is 5. The molecule has 1 aromatic heterocycles. The summed E-state index contributed by atoms with van der Waals surface area (Å²) < 4.78 is 2.04. The molecule has 0 atom stereocenters. The van der Waals surface area contributed by atoms with Crippen LogP contribution in [0.5, 0.6) is 0 Å². The van der Waals surface area contributed by atoms with Crippen molar-refractivity contribution in [1.29, 1.82) is 0 Å². The Balaban J connectivity index is 1.20. The van der Waals surface area contributed by atoms with Gasteiger partial charge < -0.3 is 5.32 Å². The lowest BCUT2D eigenvalue weighted by molar-refractivity contribution is -0.124. The molecule has 4 saturated carbocycles. The van der Waals surface area contributed by atoms with E-state index >= 15 is 0 Å². The second kappa shape index (κ2) is 7.47. The summed E-state index contributed by atoms with van der Waals surface area (Å²) in [5.74, 6) is 2.81. The Morgan fingerprint density at radius 1 is 1.00 bits per heavy atom. The van der Waals surface area contributed by atoms with Gasteiger partial charge in [0.05, 0.1) is 23.6 Å². The Kier molecular flexibility index (Phi) is 4.67. The Hall–Kier alpha value is -2.62. The zero-order valence-corrected chi connectivity index (χ0v) is 19.2. The average molecular weight is 428 g/mol. The van der Waals surface area contributed by atoms with Crippen LogP contribution < -0.4 is 5.32 Å². The van der Waals surface area contributed by atoms with Crippen molar-refractivity contribution in [1.82, 2.24) is 9.78 Å². The van der Waals surface area contributed by atoms with Crippen molar-refractivity contribution in [2.45, 2.75) is 65.3 Å². The predicted octanol–water partition coefficient (Wildman–Crippen LogP) is 6.25. The molecule has 2 aromatic carbocycles. The fourth-order valence-corrected chi connectivity index (χ4v) is 7.65. The second-order valence-corrected chi connectivity index (χ2v) is 11.0. The van der Waals surface area contributed by atoms with E-state index in [1.54, 1.807) is 0 Å². The van der Waals surface area contributed by atoms with Crippen LogP contribution >= 0.6 is 0 Å². The fraction of sp³-hybridized carbons (Fsp3) is 0.500. The minimum atomic E-state index is 0.183. The second-order valence-electron chi connectivity index (χ2n) is 11.0. The van der Waals surface area contributed by atoms with Gasteiger partial charge in [0, 0.05) is 6.42 Å². The monoisotopic (exact) mass is 427 g/mol. The van der Waals surface area contributed by atoms with Crippen LogP contribution in [0.4, 0.5) is 5.69 Å². The maximum atomic E-state index is 13.2. The molecular formula is C28H33N3O. The zero-order chi connectivity index (χ0) is 21.9. The van der Waals surface area contributed by atoms with Crippen molar-refractivity contribution in [2.24, 2.45) is 23.2 Å². The summed E-state index contributed by atoms with van der Waals surface area (Å²) in [4.78, 5) is 13.2. The molecule has 32 heavy (non-hydrogen) atoms. The van der Waals surface area contributed by atoms with Gasteiger partial charge in [-0.1, -0.05) is 42.5 Å². The van der Waals surface area contributed by atoms with Gasteiger partial charge in [0.15, 0.2) is 0 Å². The van der Waals surface area contributed by atoms with Gasteiger partial charge in [-0.15, -0.1) is 0 Å². The van der Waals surface area contributed by atoms with Crippen molar-refractivity contribution in [3.05, 3.63) is 59.4 Å². The van der Waals surface area contributed by atoms with Crippen LogP contribution in [0.15, 0.2) is 42.5 Å². The van der Waals surface area contributed by atoms with Crippen molar-refractivity contribution in [2.75, 3.05) is 5.32 Å². The zero-order valence-electron chi connectivity index (χ0n) is 19.2. The van der Waals surface area contributed by atoms with E-state index in [2.05, 4.69) is 54.7 Å². The van der Waals surface area contributed by atoms with E-state index in [0.717, 1.165) is 34.8 Å². The first-order valence-corrected chi connectivity index (χ1v) is 12.3. The molecule has 3 aromatic rings. The summed E-state index contributed by atoms with van der Waals surface area (Å²) in [5.41, 5.74) is 4.36. The normalized spacial score (nSPS) is 28.4. The Morgan fingerprint density at radius 3 is 2.38 bits per heavy atom. The van der Waals surface area contributed by atoms with Gasteiger partial charge in [-0.3, -0.25) is 9.48 Å². The SMILES string of the molecule is Cc1nn(Cc2cccc3ccccc23)c(C)c1NC(=O)CC12CC3CC(CC(C3)C1)C2. The summed E-state index contributed by atoms with van der Waals surface area (Å²) >= 11 is 0. The minimum Gasteiger partial charge on any atom is -0.323 e. The molecule has 0 spiro atoms. The van der Waals surface area contributed by atoms with E-state index in [-0.39, 0.29) is 11.3 Å². The van der Waals surface area contributed by atoms with E-state index in [0.29, 0.717) is 13.0 Å². The van der Waals surface area contributed by atoms with E-state index in [9.17, 15) is 4.79 Å². The number of fused-ring (bicyclic) bond motifs is 1. The smallest absolute Gasteiger partial charge is 0.225 e. The number of hydrogen-bond acceptors (Lipinski definition) is 2. The Bertz CT molecular complexity index is 1150. The quantitative estimate of drug-likeness (QED) is 0.523. The summed E-state index contributed by atoms with van der Waals surface area (Å²) in [7, 11) is 0. The molecule has 7 rings (SSSR count). The summed E-state index contributed by atoms with van der Waals surface area (Å²) in [6.07, 6.45) is 8.74. The molecule has 0 saturated heterocycles. The van der Waals surface area contributed by atoms with Gasteiger partial charge in [0.25, 0.3) is 0 Å². The maximum absolute atomic E-state index is 13.2. The highest BCUT2D eigenvalue weighted by Crippen LogP contribution is 2.61. The van der Waals surface area contributed by atoms with Crippen molar-refractivity contribution in [3.63, 3.8) is 0 Å². The van der Waals surface area contributed by atoms with Crippen molar-refractivity contribution in [3.8, 4) is 0 Å². The molecule has 1 amide bonds. The highest BCUT2D eigenvalue weighted by molar-refractivity contribution is 5.92. The largest absolute Gasteiger partial charge is 0.323 e. The Morgan fingerprint density at radius 2 is 1.66 bits per heavy atom. The third kappa shape index (κ3) is 3.44. The van der Waals surface area contributed by atoms with Crippen LogP contribution in [-0.4, -0.2) is 15.7 Å². The van der Waals surface area contributed by atoms with Gasteiger partial charge in [0.1, 0.15) is 0 Å². The summed E-state index contributed by atoms with van der Waals surface area (Å²) in [5, 5.41) is 10.6. The summed E-state index contributed by atoms with van der Waals surface area (Å²) in [6.45, 7) is 4.79. The molecule has 0 radical (unpaired) electrons. The number of carbonyl (C=O) groups is 1. The van der Waals surface area contributed by atoms with Crippen LogP contribution in [0.2, 0.25) is 0 Å². The lowest BCUT2D eigenvalue weighted by Gasteiger charge is -2.56. The number of aromatic nitrogens is 2. The number of amides is 1. The van der Waals surface area contributed by atoms with Crippen molar-refractivity contribution < 1.29 is 4.79 Å². The average Bonchev–Trinajstić information content (AvgIpc) is 3.00. The molecule has 4 aliphatic rings. The number of benzene rings is 2. The molecule has 4 aliphatic carbocycles. The molecule has 1 heterocycles. The molecule has 4 fully saturated rings. The molecule has 166 valence electrons. The number of nitrogens with zero attached hydrogens (tertiary/aromatic N) is 2. The topological polar surface area (TPSA) is 46.9 Å². The fourth-order valence-electron chi connectivity index (χ4n) is 7.65. The number of aryl methyl sites for hydroxylation is 1. The standard InChI is InChI=1S/C28H33N3O/c1-18-27(29-26(32)16-28-13-20-10-21(14-28)12-22(11-20)15-28)19(2)31(30-18)17-24-8-5-7-23-6-3-4-9-25(23)24/h3-9,20-22H,10-17H2,1-2H3,(H,29,32). The van der Waals surface area contributed by atoms with E-state index in [1.807, 2.05) is 11.6 Å². The first kappa shape index (κ1) is 20.0. The number of hydrogen-bond donors (Lipinski definition) is 1. The third-order valence-corrected chi connectivity index (χ3v) is 8.55. The van der Waals surface area contributed by atoms with Crippen LogP contribution in [0, 0.1) is 37.0 Å². The predicted molar refractivity (Wildman–Crippen MR) is 129 cm³/mol. The summed E-state index contributed by atoms with van der Waals surface area (Å²) in [6, 6.07) is 14.9. The number of anilines is 1. The lowest BCUT2D eigenvalue weighted by Crippen LogP contribution is -2.47. The van der Waals surface area contributed by atoms with E-state index in [4.69, 9.17) is 5.10 Å². The molecule has 4 bridgehead atoms. The molecule has 0 aliphatic heterocycles. The van der Waals surface area contributed by atoms with Gasteiger partial charge >= 0.3 is 0 Å². The van der Waals surface area contributed by atoms with E-state index in [1.165, 1.54) is 54.9 Å². The van der Waals surface area contributed by atoms with Gasteiger partial charge in [0.2, 0.25) is 5.91 Å². The van der Waals surface area contributed by atoms with Gasteiger partial charge in [-0.05, 0) is 91.9 Å². The van der Waals surface area contributed by atoms with Gasteiger partial charge in [-0.25, -0.2) is 0 Å². The molecule has 1 N–H and O–H groups in total. The lowest BCUT2D eigenvalue weighted by atomic mass is 9.49. The highest BCUT2D eigenvalue weighted by Gasteiger charge is 2.51. The first-order valence-electron chi connectivity index (χ1n) is 12.3. The highest BCUT2D eigenvalue weighted by atomic mass is 16.1. The Labute approximate surface area is 190 Å². The van der Waals surface area contributed by atoms with Crippen LogP contribution in [0.1, 0.15) is 61.9 Å². The maximum Gasteiger partial charge on any atom is 0.225 e. The number of nitrogens with one attached hydrogen (secondary N) is 1. The van der Waals surface area contributed by atoms with Crippen LogP contribution in [-0.2, 0) is 11.3 Å². The first-order chi connectivity index (χ1) is 15.5. The molecule has 0 unspecified atom stereocenters. The molecule has 4 heteroatoms. The van der Waals surface area contributed by atoms with Crippen LogP contribution in [0.25, 0.3) is 10.8 Å². The van der Waals surface area contributed by atoms with Gasteiger partial charge in [-0.2, -0.15) is 5.10 Å². The minimum absolute atomic E-state index is 0.183. The third-order valence-electron chi connectivity index (χ3n) is 8.55. The van der Waals surface area contributed by atoms with Crippen molar-refractivity contribution >= 4 is 22.4 Å². The van der Waals surface area contributed by atoms with Crippen LogP contribution in [0.3, 0.4) is 0 Å².